The zero-order valence-electron chi connectivity index (χ0n) is 17.3. The molecule has 0 aromatic heterocycles. The Labute approximate surface area is 211 Å². The Morgan fingerprint density at radius 3 is 1.64 bits per heavy atom. The molecule has 0 aliphatic heterocycles. The Morgan fingerprint density at radius 2 is 1.15 bits per heavy atom. The Balaban J connectivity index is 1.71. The summed E-state index contributed by atoms with van der Waals surface area (Å²) in [5.74, 6) is -0.769. The predicted octanol–water partition coefficient (Wildman–Crippen LogP) is 7.91. The average Bonchev–Trinajstić information content (AvgIpc) is 2.74. The standard InChI is InChI=1S/C25H18Cl4N2O2/c1-15-2-9-22(30-24(32)10-5-16-3-7-18(26)13-20(16)28)23(12-15)31-25(33)11-6-17-4-8-19(27)14-21(17)29/h2-14H,1H3,(H,30,32)(H,31,33)/b10-5-,11-6-. The summed E-state index contributed by atoms with van der Waals surface area (Å²) in [6.45, 7) is 1.88. The summed E-state index contributed by atoms with van der Waals surface area (Å²) in [5, 5.41) is 7.42. The van der Waals surface area contributed by atoms with Gasteiger partial charge in [-0.05, 0) is 72.2 Å². The second kappa shape index (κ2) is 11.4. The van der Waals surface area contributed by atoms with Crippen LogP contribution in [0.5, 0.6) is 0 Å². The minimum Gasteiger partial charge on any atom is -0.321 e. The highest BCUT2D eigenvalue weighted by atomic mass is 35.5. The van der Waals surface area contributed by atoms with E-state index in [1.165, 1.54) is 12.2 Å². The summed E-state index contributed by atoms with van der Waals surface area (Å²) in [4.78, 5) is 24.9. The number of rotatable bonds is 6. The molecule has 3 aromatic carbocycles. The summed E-state index contributed by atoms with van der Waals surface area (Å²) in [6.07, 6.45) is 5.87. The van der Waals surface area contributed by atoms with E-state index in [1.807, 2.05) is 13.0 Å². The first-order chi connectivity index (χ1) is 15.7. The van der Waals surface area contributed by atoms with Gasteiger partial charge in [0.05, 0.1) is 11.4 Å². The lowest BCUT2D eigenvalue weighted by Gasteiger charge is -2.11. The highest BCUT2D eigenvalue weighted by molar-refractivity contribution is 6.36. The fourth-order valence-electron chi connectivity index (χ4n) is 2.82. The second-order valence-electron chi connectivity index (χ2n) is 7.03. The highest BCUT2D eigenvalue weighted by Gasteiger charge is 2.09. The van der Waals surface area contributed by atoms with Crippen LogP contribution < -0.4 is 10.6 Å². The van der Waals surface area contributed by atoms with Crippen LogP contribution >= 0.6 is 46.4 Å². The first-order valence-corrected chi connectivity index (χ1v) is 11.2. The fourth-order valence-corrected chi connectivity index (χ4v) is 3.77. The molecule has 0 saturated carbocycles. The Morgan fingerprint density at radius 1 is 0.667 bits per heavy atom. The molecule has 3 rings (SSSR count). The zero-order valence-corrected chi connectivity index (χ0v) is 20.4. The number of amides is 2. The van der Waals surface area contributed by atoms with Gasteiger partial charge in [0.15, 0.2) is 0 Å². The van der Waals surface area contributed by atoms with E-state index in [1.54, 1.807) is 60.7 Å². The van der Waals surface area contributed by atoms with Crippen LogP contribution in [0, 0.1) is 6.92 Å². The lowest BCUT2D eigenvalue weighted by Crippen LogP contribution is -2.14. The highest BCUT2D eigenvalue weighted by Crippen LogP contribution is 2.25. The fraction of sp³-hybridized carbons (Fsp3) is 0.0400. The summed E-state index contributed by atoms with van der Waals surface area (Å²) in [5.41, 5.74) is 3.12. The predicted molar refractivity (Wildman–Crippen MR) is 139 cm³/mol. The average molecular weight is 520 g/mol. The van der Waals surface area contributed by atoms with E-state index in [-0.39, 0.29) is 11.8 Å². The molecule has 2 N–H and O–H groups in total. The molecule has 4 nitrogen and oxygen atoms in total. The number of hydrogen-bond donors (Lipinski definition) is 2. The number of benzene rings is 3. The lowest BCUT2D eigenvalue weighted by atomic mass is 10.1. The third kappa shape index (κ3) is 7.37. The summed E-state index contributed by atoms with van der Waals surface area (Å²) in [7, 11) is 0. The number of carbonyl (C=O) groups excluding carboxylic acids is 2. The largest absolute Gasteiger partial charge is 0.321 e. The maximum atomic E-state index is 12.5. The Bertz CT molecular complexity index is 1270. The van der Waals surface area contributed by atoms with Gasteiger partial charge >= 0.3 is 0 Å². The maximum absolute atomic E-state index is 12.5. The van der Waals surface area contributed by atoms with Gasteiger partial charge in [0.25, 0.3) is 0 Å². The molecule has 0 unspecified atom stereocenters. The molecule has 3 aromatic rings. The van der Waals surface area contributed by atoms with Gasteiger partial charge < -0.3 is 10.6 Å². The molecule has 0 aliphatic rings. The number of halogens is 4. The molecule has 0 fully saturated rings. The monoisotopic (exact) mass is 518 g/mol. The summed E-state index contributed by atoms with van der Waals surface area (Å²) < 4.78 is 0. The van der Waals surface area contributed by atoms with E-state index < -0.39 is 0 Å². The normalized spacial score (nSPS) is 11.2. The molecule has 0 radical (unpaired) electrons. The van der Waals surface area contributed by atoms with Crippen molar-refractivity contribution in [3.8, 4) is 0 Å². The molecule has 168 valence electrons. The van der Waals surface area contributed by atoms with Crippen LogP contribution in [-0.2, 0) is 9.59 Å². The first-order valence-electron chi connectivity index (χ1n) is 9.70. The van der Waals surface area contributed by atoms with Crippen LogP contribution in [0.3, 0.4) is 0 Å². The van der Waals surface area contributed by atoms with Gasteiger partial charge in [-0.3, -0.25) is 9.59 Å². The van der Waals surface area contributed by atoms with E-state index in [0.717, 1.165) is 5.56 Å². The zero-order chi connectivity index (χ0) is 24.0. The van der Waals surface area contributed by atoms with Crippen LogP contribution in [0.2, 0.25) is 20.1 Å². The smallest absolute Gasteiger partial charge is 0.248 e. The molecule has 33 heavy (non-hydrogen) atoms. The molecular formula is C25H18Cl4N2O2. The number of nitrogens with one attached hydrogen (secondary N) is 2. The molecule has 0 spiro atoms. The van der Waals surface area contributed by atoms with Gasteiger partial charge in [-0.2, -0.15) is 0 Å². The number of hydrogen-bond acceptors (Lipinski definition) is 2. The van der Waals surface area contributed by atoms with Crippen molar-refractivity contribution in [2.75, 3.05) is 10.6 Å². The third-order valence-corrected chi connectivity index (χ3v) is 5.57. The van der Waals surface area contributed by atoms with Crippen molar-refractivity contribution in [3.05, 3.63) is 104 Å². The van der Waals surface area contributed by atoms with Gasteiger partial charge in [-0.25, -0.2) is 0 Å². The topological polar surface area (TPSA) is 58.2 Å². The summed E-state index contributed by atoms with van der Waals surface area (Å²) >= 11 is 24.0. The van der Waals surface area contributed by atoms with Crippen molar-refractivity contribution in [2.24, 2.45) is 0 Å². The molecule has 2 amide bonds. The molecule has 0 saturated heterocycles. The van der Waals surface area contributed by atoms with E-state index in [4.69, 9.17) is 46.4 Å². The number of aryl methyl sites for hydroxylation is 1. The van der Waals surface area contributed by atoms with Crippen LogP contribution in [-0.4, -0.2) is 11.8 Å². The first kappa shape index (κ1) is 24.9. The van der Waals surface area contributed by atoms with E-state index in [2.05, 4.69) is 10.6 Å². The lowest BCUT2D eigenvalue weighted by molar-refractivity contribution is -0.112. The van der Waals surface area contributed by atoms with Gasteiger partial charge in [0.2, 0.25) is 11.8 Å². The van der Waals surface area contributed by atoms with Gasteiger partial charge in [-0.15, -0.1) is 0 Å². The van der Waals surface area contributed by atoms with E-state index in [0.29, 0.717) is 42.6 Å². The quantitative estimate of drug-likeness (QED) is 0.325. The SMILES string of the molecule is Cc1ccc(NC(=O)/C=C\c2ccc(Cl)cc2Cl)c(NC(=O)/C=C\c2ccc(Cl)cc2Cl)c1. The van der Waals surface area contributed by atoms with Crippen LogP contribution in [0.15, 0.2) is 66.7 Å². The van der Waals surface area contributed by atoms with Crippen molar-refractivity contribution in [1.82, 2.24) is 0 Å². The molecule has 8 heteroatoms. The van der Waals surface area contributed by atoms with Gasteiger partial charge in [-0.1, -0.05) is 64.6 Å². The van der Waals surface area contributed by atoms with E-state index in [9.17, 15) is 9.59 Å². The maximum Gasteiger partial charge on any atom is 0.248 e. The second-order valence-corrected chi connectivity index (χ2v) is 8.71. The molecule has 0 bridgehead atoms. The minimum atomic E-state index is -0.385. The number of anilines is 2. The van der Waals surface area contributed by atoms with E-state index >= 15 is 0 Å². The van der Waals surface area contributed by atoms with Crippen LogP contribution in [0.1, 0.15) is 16.7 Å². The van der Waals surface area contributed by atoms with Crippen LogP contribution in [0.4, 0.5) is 11.4 Å². The van der Waals surface area contributed by atoms with Crippen molar-refractivity contribution >= 4 is 81.7 Å². The van der Waals surface area contributed by atoms with Gasteiger partial charge in [0.1, 0.15) is 0 Å². The Kier molecular flexibility index (Phi) is 8.59. The molecular weight excluding hydrogens is 502 g/mol. The Hall–Kier alpha value is -2.76. The number of carbonyl (C=O) groups is 2. The molecule has 0 heterocycles. The van der Waals surface area contributed by atoms with Crippen LogP contribution in [0.25, 0.3) is 12.2 Å². The molecule has 0 aliphatic carbocycles. The molecule has 0 atom stereocenters. The third-order valence-electron chi connectivity index (χ3n) is 4.44. The summed E-state index contributed by atoms with van der Waals surface area (Å²) in [6, 6.07) is 15.3. The van der Waals surface area contributed by atoms with Crippen molar-refractivity contribution in [2.45, 2.75) is 6.92 Å². The van der Waals surface area contributed by atoms with Crippen molar-refractivity contribution in [1.29, 1.82) is 0 Å². The minimum absolute atomic E-state index is 0.384. The van der Waals surface area contributed by atoms with Gasteiger partial charge in [0, 0.05) is 32.2 Å². The van der Waals surface area contributed by atoms with Crippen molar-refractivity contribution in [3.63, 3.8) is 0 Å². The van der Waals surface area contributed by atoms with Crippen molar-refractivity contribution < 1.29 is 9.59 Å².